The highest BCUT2D eigenvalue weighted by Crippen LogP contribution is 2.23. The lowest BCUT2D eigenvalue weighted by Crippen LogP contribution is -2.38. The highest BCUT2D eigenvalue weighted by atomic mass is 15.1. The molecule has 0 radical (unpaired) electrons. The first-order valence-corrected chi connectivity index (χ1v) is 7.58. The fourth-order valence-corrected chi connectivity index (χ4v) is 2.90. The third kappa shape index (κ3) is 4.92. The molecular weight excluding hydrogens is 244 g/mol. The number of nitrogens with zero attached hydrogens (tertiary/aromatic N) is 1. The van der Waals surface area contributed by atoms with Crippen LogP contribution in [0.5, 0.6) is 0 Å². The van der Waals surface area contributed by atoms with Crippen molar-refractivity contribution in [3.8, 4) is 0 Å². The summed E-state index contributed by atoms with van der Waals surface area (Å²) in [7, 11) is 4.28. The van der Waals surface area contributed by atoms with Gasteiger partial charge >= 0.3 is 0 Å². The first-order valence-electron chi connectivity index (χ1n) is 7.58. The average Bonchev–Trinajstić information content (AvgIpc) is 2.29. The molecule has 1 atom stereocenters. The summed E-state index contributed by atoms with van der Waals surface area (Å²) in [6.45, 7) is 15.6. The van der Waals surface area contributed by atoms with E-state index >= 15 is 0 Å². The number of hydrogen-bond donors (Lipinski definition) is 1. The maximum atomic E-state index is 3.71. The molecule has 114 valence electrons. The molecule has 1 N–H and O–H groups in total. The molecule has 0 bridgehead atoms. The van der Waals surface area contributed by atoms with Crippen LogP contribution >= 0.6 is 0 Å². The maximum Gasteiger partial charge on any atom is 0.0294 e. The number of nitrogens with one attached hydrogen (secondary N) is 1. The quantitative estimate of drug-likeness (QED) is 0.849. The van der Waals surface area contributed by atoms with Crippen LogP contribution in [0.3, 0.4) is 0 Å². The van der Waals surface area contributed by atoms with Crippen LogP contribution in [0.2, 0.25) is 0 Å². The van der Waals surface area contributed by atoms with Gasteiger partial charge in [0.1, 0.15) is 0 Å². The lowest BCUT2D eigenvalue weighted by atomic mass is 9.91. The maximum absolute atomic E-state index is 3.71. The minimum absolute atomic E-state index is 0.283. The highest BCUT2D eigenvalue weighted by Gasteiger charge is 2.20. The molecule has 0 spiro atoms. The van der Waals surface area contributed by atoms with E-state index in [4.69, 9.17) is 0 Å². The van der Waals surface area contributed by atoms with Crippen LogP contribution in [0.4, 0.5) is 0 Å². The minimum Gasteiger partial charge on any atom is -0.310 e. The summed E-state index contributed by atoms with van der Waals surface area (Å²) in [5.74, 6) is 0. The third-order valence-corrected chi connectivity index (χ3v) is 3.98. The fourth-order valence-electron chi connectivity index (χ4n) is 2.90. The van der Waals surface area contributed by atoms with Crippen molar-refractivity contribution < 1.29 is 0 Å². The van der Waals surface area contributed by atoms with E-state index in [1.165, 1.54) is 22.3 Å². The predicted octanol–water partition coefficient (Wildman–Crippen LogP) is 3.85. The fraction of sp³-hybridized carbons (Fsp3) is 0.667. The van der Waals surface area contributed by atoms with Gasteiger partial charge in [-0.1, -0.05) is 26.0 Å². The molecule has 0 fully saturated rings. The Hall–Kier alpha value is -0.860. The molecule has 2 heteroatoms. The van der Waals surface area contributed by atoms with Crippen molar-refractivity contribution in [3.63, 3.8) is 0 Å². The standard InChI is InChI=1S/C18H32N2/c1-13-9-15(3)17(10-14(13)2)16(4)19-11-18(5,6)12-20(7)8/h9-10,16,19H,11-12H2,1-8H3. The van der Waals surface area contributed by atoms with Gasteiger partial charge in [-0.2, -0.15) is 0 Å². The second-order valence-corrected chi connectivity index (χ2v) is 7.30. The Morgan fingerprint density at radius 3 is 2.15 bits per heavy atom. The molecule has 0 heterocycles. The van der Waals surface area contributed by atoms with Gasteiger partial charge in [0.25, 0.3) is 0 Å². The molecule has 0 aliphatic rings. The average molecular weight is 276 g/mol. The van der Waals surface area contributed by atoms with E-state index in [-0.39, 0.29) is 5.41 Å². The van der Waals surface area contributed by atoms with Gasteiger partial charge in [0.05, 0.1) is 0 Å². The van der Waals surface area contributed by atoms with Crippen molar-refractivity contribution in [3.05, 3.63) is 34.4 Å². The van der Waals surface area contributed by atoms with Crippen LogP contribution in [-0.2, 0) is 0 Å². The zero-order chi connectivity index (χ0) is 15.5. The highest BCUT2D eigenvalue weighted by molar-refractivity contribution is 5.38. The number of hydrogen-bond acceptors (Lipinski definition) is 2. The summed E-state index contributed by atoms with van der Waals surface area (Å²) >= 11 is 0. The van der Waals surface area contributed by atoms with Crippen LogP contribution in [0.1, 0.15) is 49.1 Å². The van der Waals surface area contributed by atoms with Gasteiger partial charge in [0.15, 0.2) is 0 Å². The third-order valence-electron chi connectivity index (χ3n) is 3.98. The van der Waals surface area contributed by atoms with Gasteiger partial charge in [0.2, 0.25) is 0 Å². The zero-order valence-corrected chi connectivity index (χ0v) is 14.6. The van der Waals surface area contributed by atoms with Crippen LogP contribution in [0.15, 0.2) is 12.1 Å². The Morgan fingerprint density at radius 1 is 1.05 bits per heavy atom. The predicted molar refractivity (Wildman–Crippen MR) is 89.4 cm³/mol. The Labute approximate surface area is 125 Å². The SMILES string of the molecule is Cc1cc(C)c(C(C)NCC(C)(C)CN(C)C)cc1C. The first kappa shape index (κ1) is 17.2. The Kier molecular flexibility index (Phi) is 5.79. The summed E-state index contributed by atoms with van der Waals surface area (Å²) < 4.78 is 0. The molecular formula is C18H32N2. The molecule has 0 aliphatic heterocycles. The molecule has 0 saturated heterocycles. The van der Waals surface area contributed by atoms with E-state index in [2.05, 4.69) is 78.0 Å². The van der Waals surface area contributed by atoms with E-state index in [9.17, 15) is 0 Å². The summed E-state index contributed by atoms with van der Waals surface area (Å²) in [6, 6.07) is 5.03. The zero-order valence-electron chi connectivity index (χ0n) is 14.6. The van der Waals surface area contributed by atoms with E-state index in [1.54, 1.807) is 0 Å². The molecule has 0 aliphatic carbocycles. The lowest BCUT2D eigenvalue weighted by Gasteiger charge is -2.30. The van der Waals surface area contributed by atoms with Crippen molar-refractivity contribution in [1.29, 1.82) is 0 Å². The van der Waals surface area contributed by atoms with Gasteiger partial charge in [-0.05, 0) is 69.5 Å². The Morgan fingerprint density at radius 2 is 1.60 bits per heavy atom. The van der Waals surface area contributed by atoms with Crippen LogP contribution < -0.4 is 5.32 Å². The summed E-state index contributed by atoms with van der Waals surface area (Å²) in [5, 5.41) is 3.71. The topological polar surface area (TPSA) is 15.3 Å². The summed E-state index contributed by atoms with van der Waals surface area (Å²) in [4.78, 5) is 2.26. The monoisotopic (exact) mass is 276 g/mol. The van der Waals surface area contributed by atoms with Crippen molar-refractivity contribution in [2.45, 2.75) is 47.6 Å². The largest absolute Gasteiger partial charge is 0.310 e. The minimum atomic E-state index is 0.283. The van der Waals surface area contributed by atoms with Crippen molar-refractivity contribution in [1.82, 2.24) is 10.2 Å². The number of rotatable bonds is 6. The van der Waals surface area contributed by atoms with Crippen molar-refractivity contribution >= 4 is 0 Å². The van der Waals surface area contributed by atoms with Gasteiger partial charge in [0, 0.05) is 19.1 Å². The second kappa shape index (κ2) is 6.73. The number of benzene rings is 1. The van der Waals surface area contributed by atoms with Crippen molar-refractivity contribution in [2.24, 2.45) is 5.41 Å². The smallest absolute Gasteiger partial charge is 0.0294 e. The van der Waals surface area contributed by atoms with Crippen molar-refractivity contribution in [2.75, 3.05) is 27.2 Å². The molecule has 0 saturated carbocycles. The Balaban J connectivity index is 2.72. The molecule has 20 heavy (non-hydrogen) atoms. The number of aryl methyl sites for hydroxylation is 3. The van der Waals surface area contributed by atoms with Gasteiger partial charge < -0.3 is 10.2 Å². The van der Waals surface area contributed by atoms with Crippen LogP contribution in [-0.4, -0.2) is 32.1 Å². The Bertz CT molecular complexity index is 447. The summed E-state index contributed by atoms with van der Waals surface area (Å²) in [6.07, 6.45) is 0. The first-order chi connectivity index (χ1) is 9.12. The molecule has 1 aromatic rings. The van der Waals surface area contributed by atoms with E-state index in [0.717, 1.165) is 13.1 Å². The van der Waals surface area contributed by atoms with Gasteiger partial charge in [-0.15, -0.1) is 0 Å². The molecule has 1 rings (SSSR count). The summed E-state index contributed by atoms with van der Waals surface area (Å²) in [5.41, 5.74) is 5.86. The molecule has 1 unspecified atom stereocenters. The molecule has 2 nitrogen and oxygen atoms in total. The van der Waals surface area contributed by atoms with E-state index in [1.807, 2.05) is 0 Å². The van der Waals surface area contributed by atoms with E-state index < -0.39 is 0 Å². The van der Waals surface area contributed by atoms with Gasteiger partial charge in [-0.3, -0.25) is 0 Å². The molecule has 1 aromatic carbocycles. The van der Waals surface area contributed by atoms with Gasteiger partial charge in [-0.25, -0.2) is 0 Å². The van der Waals surface area contributed by atoms with Crippen LogP contribution in [0, 0.1) is 26.2 Å². The second-order valence-electron chi connectivity index (χ2n) is 7.30. The van der Waals surface area contributed by atoms with Crippen LogP contribution in [0.25, 0.3) is 0 Å². The molecule has 0 amide bonds. The normalized spacial score (nSPS) is 13.8. The molecule has 0 aromatic heterocycles. The van der Waals surface area contributed by atoms with E-state index in [0.29, 0.717) is 6.04 Å². The lowest BCUT2D eigenvalue weighted by molar-refractivity contribution is 0.227.